The lowest BCUT2D eigenvalue weighted by molar-refractivity contribution is -0.209. The average molecular weight is 627 g/mol. The Hall–Kier alpha value is -1.98. The van der Waals surface area contributed by atoms with E-state index in [1.165, 1.54) is 12.8 Å². The molecule has 0 aromatic rings. The van der Waals surface area contributed by atoms with Crippen LogP contribution in [0.5, 0.6) is 0 Å². The van der Waals surface area contributed by atoms with Gasteiger partial charge in [-0.3, -0.25) is 4.99 Å². The second-order valence-electron chi connectivity index (χ2n) is 15.8. The van der Waals surface area contributed by atoms with Gasteiger partial charge in [-0.2, -0.15) is 0 Å². The van der Waals surface area contributed by atoms with E-state index in [-0.39, 0.29) is 46.9 Å². The Morgan fingerprint density at radius 1 is 1.22 bits per heavy atom. The van der Waals surface area contributed by atoms with E-state index in [1.807, 2.05) is 11.1 Å². The number of nitrogens with zero attached hydrogens (tertiary/aromatic N) is 2. The number of aliphatic hydroxyl groups excluding tert-OH is 2. The fraction of sp³-hybridized carbons (Fsp3) is 0.829. The zero-order valence-electron chi connectivity index (χ0n) is 27.1. The molecule has 0 aromatic heterocycles. The van der Waals surface area contributed by atoms with Crippen LogP contribution in [0, 0.1) is 39.9 Å². The molecular weight excluding hydrogens is 572 g/mol. The number of rotatable bonds is 6. The molecule has 7 aliphatic rings. The number of carbonyl (C=O) groups is 1. The van der Waals surface area contributed by atoms with Crippen LogP contribution in [0.15, 0.2) is 28.4 Å². The maximum atomic E-state index is 13.4. The van der Waals surface area contributed by atoms with Crippen LogP contribution in [0.3, 0.4) is 0 Å². The van der Waals surface area contributed by atoms with Gasteiger partial charge in [-0.05, 0) is 92.4 Å². The van der Waals surface area contributed by atoms with Gasteiger partial charge in [0.15, 0.2) is 5.96 Å². The van der Waals surface area contributed by atoms with Crippen molar-refractivity contribution < 1.29 is 30.0 Å². The number of guanidine groups is 1. The van der Waals surface area contributed by atoms with Crippen molar-refractivity contribution in [1.82, 2.24) is 10.2 Å². The lowest BCUT2D eigenvalue weighted by Gasteiger charge is -2.61. The van der Waals surface area contributed by atoms with Crippen LogP contribution in [-0.2, 0) is 9.53 Å². The lowest BCUT2D eigenvalue weighted by Crippen LogP contribution is -2.63. The van der Waals surface area contributed by atoms with Gasteiger partial charge in [0.2, 0.25) is 0 Å². The molecule has 10 heteroatoms. The van der Waals surface area contributed by atoms with E-state index in [2.05, 4.69) is 23.3 Å². The first-order chi connectivity index (χ1) is 21.6. The van der Waals surface area contributed by atoms with Crippen molar-refractivity contribution in [1.29, 1.82) is 0 Å². The number of carboxylic acids is 1. The number of hydrogen-bond donors (Lipinski definition) is 6. The summed E-state index contributed by atoms with van der Waals surface area (Å²) in [5, 5.41) is 48.2. The number of hydrogen-bond acceptors (Lipinski definition) is 7. The Labute approximate surface area is 267 Å². The highest BCUT2D eigenvalue weighted by Crippen LogP contribution is 2.77. The molecule has 7 N–H and O–H groups in total. The third-order valence-corrected chi connectivity index (χ3v) is 14.2. The highest BCUT2D eigenvalue weighted by molar-refractivity contribution is 5.92. The summed E-state index contributed by atoms with van der Waals surface area (Å²) in [5.41, 5.74) is 4.96. The standard InChI is InChI=1S/C35H54N4O6/c1-21-5-7-23-15-25-29(30(42)43)35(44,28-8-6-22-17-32(10-3-4-11-32)27(41)16-26(22)45-28)19-33(21,25)34(23)20-39(31(36)37-2)13-9-24(34)18-38-12-14-40/h9,13,21-24,26-28,38,40-41,44H,3-8,10-12,14-20H2,1-2H3,(H2,36,37)(H,42,43)/t21-,22-,23-,24-,26+,27+,28+,33+,34-,35+/m1/s1. The summed E-state index contributed by atoms with van der Waals surface area (Å²) < 4.78 is 6.81. The molecule has 0 unspecified atom stereocenters. The maximum absolute atomic E-state index is 13.4. The first-order valence-electron chi connectivity index (χ1n) is 17.6. The molecule has 10 atom stereocenters. The summed E-state index contributed by atoms with van der Waals surface area (Å²) in [4.78, 5) is 19.7. The first kappa shape index (κ1) is 31.6. The largest absolute Gasteiger partial charge is 0.478 e. The van der Waals surface area contributed by atoms with Crippen molar-refractivity contribution in [3.05, 3.63) is 23.4 Å². The van der Waals surface area contributed by atoms with Gasteiger partial charge in [-0.1, -0.05) is 25.8 Å². The summed E-state index contributed by atoms with van der Waals surface area (Å²) in [7, 11) is 1.69. The van der Waals surface area contributed by atoms with Crippen molar-refractivity contribution in [3.63, 3.8) is 0 Å². The number of nitrogens with one attached hydrogen (secondary N) is 1. The number of carboxylic acid groups (broad SMARTS) is 1. The van der Waals surface area contributed by atoms with Gasteiger partial charge in [0.25, 0.3) is 0 Å². The second-order valence-corrected chi connectivity index (χ2v) is 15.8. The van der Waals surface area contributed by atoms with Crippen LogP contribution in [0.1, 0.15) is 84.0 Å². The third kappa shape index (κ3) is 4.38. The molecule has 0 aromatic carbocycles. The van der Waals surface area contributed by atoms with E-state index in [1.54, 1.807) is 7.05 Å². The van der Waals surface area contributed by atoms with Gasteiger partial charge in [-0.25, -0.2) is 4.79 Å². The molecule has 5 aliphatic carbocycles. The maximum Gasteiger partial charge on any atom is 0.334 e. The van der Waals surface area contributed by atoms with Crippen LogP contribution in [-0.4, -0.2) is 94.5 Å². The molecule has 2 bridgehead atoms. The molecule has 10 nitrogen and oxygen atoms in total. The first-order valence-corrected chi connectivity index (χ1v) is 17.6. The number of aliphatic carboxylic acids is 1. The molecule has 2 aliphatic heterocycles. The molecule has 0 radical (unpaired) electrons. The number of aliphatic imine (C=N–C) groups is 1. The van der Waals surface area contributed by atoms with E-state index in [0.717, 1.165) is 44.1 Å². The van der Waals surface area contributed by atoms with E-state index in [4.69, 9.17) is 10.5 Å². The topological polar surface area (TPSA) is 161 Å². The molecule has 0 amide bonds. The highest BCUT2D eigenvalue weighted by Gasteiger charge is 2.76. The number of aliphatic hydroxyl groups is 3. The van der Waals surface area contributed by atoms with Crippen molar-refractivity contribution in [2.45, 2.75) is 108 Å². The van der Waals surface area contributed by atoms with Gasteiger partial charge >= 0.3 is 5.97 Å². The minimum atomic E-state index is -1.62. The lowest BCUT2D eigenvalue weighted by atomic mass is 9.45. The summed E-state index contributed by atoms with van der Waals surface area (Å²) >= 11 is 0. The van der Waals surface area contributed by atoms with Crippen LogP contribution in [0.4, 0.5) is 0 Å². The number of nitrogens with two attached hydrogens (primary N) is 1. The molecule has 3 spiro atoms. The average Bonchev–Trinajstić information content (AvgIpc) is 3.64. The van der Waals surface area contributed by atoms with Crippen LogP contribution in [0.25, 0.3) is 0 Å². The predicted molar refractivity (Wildman–Crippen MR) is 170 cm³/mol. The fourth-order valence-corrected chi connectivity index (χ4v) is 12.3. The minimum absolute atomic E-state index is 0.00776. The normalized spacial score (nSPS) is 45.4. The van der Waals surface area contributed by atoms with Crippen LogP contribution in [0.2, 0.25) is 0 Å². The number of ether oxygens (including phenoxy) is 1. The Morgan fingerprint density at radius 2 is 2.00 bits per heavy atom. The van der Waals surface area contributed by atoms with Gasteiger partial charge in [0.1, 0.15) is 5.60 Å². The molecule has 4 saturated carbocycles. The summed E-state index contributed by atoms with van der Waals surface area (Å²) in [6.45, 7) is 4.03. The Morgan fingerprint density at radius 3 is 2.71 bits per heavy atom. The molecule has 5 fully saturated rings. The summed E-state index contributed by atoms with van der Waals surface area (Å²) in [6, 6.07) is 0. The minimum Gasteiger partial charge on any atom is -0.478 e. The van der Waals surface area contributed by atoms with Crippen molar-refractivity contribution >= 4 is 11.9 Å². The number of fused-ring (bicyclic) bond motifs is 1. The zero-order chi connectivity index (χ0) is 31.8. The van der Waals surface area contributed by atoms with Crippen molar-refractivity contribution in [2.24, 2.45) is 50.6 Å². The Balaban J connectivity index is 1.28. The molecular formula is C35H54N4O6. The third-order valence-electron chi connectivity index (χ3n) is 14.2. The smallest absolute Gasteiger partial charge is 0.334 e. The van der Waals surface area contributed by atoms with Gasteiger partial charge in [0, 0.05) is 50.1 Å². The highest BCUT2D eigenvalue weighted by atomic mass is 16.5. The molecule has 45 heavy (non-hydrogen) atoms. The van der Waals surface area contributed by atoms with E-state index in [0.29, 0.717) is 57.2 Å². The van der Waals surface area contributed by atoms with Crippen LogP contribution >= 0.6 is 0 Å². The van der Waals surface area contributed by atoms with E-state index in [9.17, 15) is 25.2 Å². The van der Waals surface area contributed by atoms with Crippen molar-refractivity contribution in [3.8, 4) is 0 Å². The predicted octanol–water partition coefficient (Wildman–Crippen LogP) is 2.78. The Kier molecular flexibility index (Phi) is 7.95. The summed E-state index contributed by atoms with van der Waals surface area (Å²) in [6.07, 6.45) is 13.5. The molecule has 2 heterocycles. The summed E-state index contributed by atoms with van der Waals surface area (Å²) in [5.74, 6) is 0.167. The van der Waals surface area contributed by atoms with Gasteiger partial charge < -0.3 is 41.1 Å². The number of allylic oxidation sites excluding steroid dienone is 1. The molecule has 7 rings (SSSR count). The van der Waals surface area contributed by atoms with Gasteiger partial charge in [-0.15, -0.1) is 0 Å². The molecule has 1 saturated heterocycles. The van der Waals surface area contributed by atoms with Crippen LogP contribution < -0.4 is 11.1 Å². The fourth-order valence-electron chi connectivity index (χ4n) is 12.3. The van der Waals surface area contributed by atoms with Crippen molar-refractivity contribution in [2.75, 3.05) is 33.3 Å². The van der Waals surface area contributed by atoms with Gasteiger partial charge in [0.05, 0.1) is 30.5 Å². The SMILES string of the molecule is CN=C(N)N1C=C[C@H](CNCCO)[C@@]2(C1)[C@@H]1CC[C@@H](C)[C@]23C[C@](O)([C@@H]2CC[C@@H]4CC5(CCCC5)[C@@H](O)C[C@@H]4O2)C(C(=O)O)=C3C1. The zero-order valence-corrected chi connectivity index (χ0v) is 27.1. The Bertz CT molecular complexity index is 1280. The quantitative estimate of drug-likeness (QED) is 0.148. The second kappa shape index (κ2) is 11.3. The molecule has 250 valence electrons. The monoisotopic (exact) mass is 626 g/mol. The van der Waals surface area contributed by atoms with E-state index >= 15 is 0 Å². The van der Waals surface area contributed by atoms with E-state index < -0.39 is 29.2 Å².